The van der Waals surface area contributed by atoms with Crippen LogP contribution in [0, 0.1) is 12.7 Å². The number of nitrogens with zero attached hydrogens (tertiary/aromatic N) is 4. The minimum absolute atomic E-state index is 0.250. The Morgan fingerprint density at radius 1 is 1.22 bits per heavy atom. The van der Waals surface area contributed by atoms with E-state index < -0.39 is 0 Å². The van der Waals surface area contributed by atoms with Crippen molar-refractivity contribution >= 4 is 11.5 Å². The first-order valence-corrected chi connectivity index (χ1v) is 7.54. The van der Waals surface area contributed by atoms with Gasteiger partial charge in [-0.15, -0.1) is 0 Å². The third-order valence-electron chi connectivity index (χ3n) is 3.62. The van der Waals surface area contributed by atoms with Gasteiger partial charge in [-0.2, -0.15) is 9.61 Å². The molecule has 0 spiro atoms. The second-order valence-electron chi connectivity index (χ2n) is 5.81. The van der Waals surface area contributed by atoms with Crippen molar-refractivity contribution in [3.8, 4) is 11.1 Å². The van der Waals surface area contributed by atoms with Crippen molar-refractivity contribution in [2.24, 2.45) is 0 Å². The zero-order valence-electron chi connectivity index (χ0n) is 13.5. The number of hydrogen-bond acceptors (Lipinski definition) is 4. The van der Waals surface area contributed by atoms with Gasteiger partial charge in [0.15, 0.2) is 5.65 Å². The van der Waals surface area contributed by atoms with E-state index in [4.69, 9.17) is 0 Å². The molecule has 0 amide bonds. The molecule has 5 nitrogen and oxygen atoms in total. The molecule has 1 N–H and O–H groups in total. The Morgan fingerprint density at radius 2 is 1.96 bits per heavy atom. The number of likely N-dealkylation sites (N-methyl/N-ethyl adjacent to an activating group) is 1. The number of benzene rings is 1. The molecule has 120 valence electrons. The maximum atomic E-state index is 13.1. The zero-order valence-corrected chi connectivity index (χ0v) is 13.5. The molecule has 2 aromatic heterocycles. The van der Waals surface area contributed by atoms with Gasteiger partial charge in [0.2, 0.25) is 0 Å². The van der Waals surface area contributed by atoms with Gasteiger partial charge in [0.1, 0.15) is 11.6 Å². The summed E-state index contributed by atoms with van der Waals surface area (Å²) in [6, 6.07) is 8.37. The molecular formula is C17H20FN5. The summed E-state index contributed by atoms with van der Waals surface area (Å²) in [4.78, 5) is 6.71. The lowest BCUT2D eigenvalue weighted by atomic mass is 10.1. The minimum atomic E-state index is -0.250. The molecule has 0 unspecified atom stereocenters. The standard InChI is InChI=1S/C17H20FN5/c1-12-10-16(19-8-9-22(2)3)23-17(21-12)15(11-20-23)13-4-6-14(18)7-5-13/h4-7,10-11,19H,8-9H2,1-3H3. The topological polar surface area (TPSA) is 45.5 Å². The van der Waals surface area contributed by atoms with Crippen LogP contribution in [0.5, 0.6) is 0 Å². The van der Waals surface area contributed by atoms with Gasteiger partial charge in [0, 0.05) is 30.4 Å². The van der Waals surface area contributed by atoms with Crippen molar-refractivity contribution in [3.05, 3.63) is 48.0 Å². The van der Waals surface area contributed by atoms with Crippen LogP contribution in [0.2, 0.25) is 0 Å². The summed E-state index contributed by atoms with van der Waals surface area (Å²) >= 11 is 0. The van der Waals surface area contributed by atoms with Gasteiger partial charge in [-0.1, -0.05) is 12.1 Å². The molecule has 3 aromatic rings. The molecule has 2 heterocycles. The number of fused-ring (bicyclic) bond motifs is 1. The maximum Gasteiger partial charge on any atom is 0.165 e. The van der Waals surface area contributed by atoms with Crippen LogP contribution in [0.15, 0.2) is 36.5 Å². The second-order valence-corrected chi connectivity index (χ2v) is 5.81. The molecule has 0 radical (unpaired) electrons. The number of rotatable bonds is 5. The molecule has 0 saturated heterocycles. The number of nitrogens with one attached hydrogen (secondary N) is 1. The van der Waals surface area contributed by atoms with Crippen molar-refractivity contribution in [3.63, 3.8) is 0 Å². The lowest BCUT2D eigenvalue weighted by Gasteiger charge is -2.13. The van der Waals surface area contributed by atoms with Gasteiger partial charge in [-0.3, -0.25) is 0 Å². The average molecular weight is 313 g/mol. The quantitative estimate of drug-likeness (QED) is 0.787. The summed E-state index contributed by atoms with van der Waals surface area (Å²) in [6.07, 6.45) is 1.77. The van der Waals surface area contributed by atoms with Crippen LogP contribution in [0.3, 0.4) is 0 Å². The Labute approximate surface area is 134 Å². The molecule has 23 heavy (non-hydrogen) atoms. The summed E-state index contributed by atoms with van der Waals surface area (Å²) in [6.45, 7) is 3.70. The molecule has 0 bridgehead atoms. The highest BCUT2D eigenvalue weighted by Crippen LogP contribution is 2.25. The molecule has 0 atom stereocenters. The van der Waals surface area contributed by atoms with E-state index in [1.54, 1.807) is 22.8 Å². The largest absolute Gasteiger partial charge is 0.369 e. The van der Waals surface area contributed by atoms with E-state index in [-0.39, 0.29) is 5.82 Å². The molecule has 0 fully saturated rings. The highest BCUT2D eigenvalue weighted by Gasteiger charge is 2.12. The van der Waals surface area contributed by atoms with Crippen LogP contribution in [0.1, 0.15) is 5.69 Å². The van der Waals surface area contributed by atoms with Crippen molar-refractivity contribution in [1.29, 1.82) is 0 Å². The molecule has 0 aliphatic carbocycles. The Morgan fingerprint density at radius 3 is 2.65 bits per heavy atom. The van der Waals surface area contributed by atoms with Crippen LogP contribution < -0.4 is 5.32 Å². The van der Waals surface area contributed by atoms with Crippen molar-refractivity contribution in [2.45, 2.75) is 6.92 Å². The fraction of sp³-hybridized carbons (Fsp3) is 0.294. The molecule has 1 aromatic carbocycles. The third kappa shape index (κ3) is 3.32. The number of anilines is 1. The Kier molecular flexibility index (Phi) is 4.25. The van der Waals surface area contributed by atoms with Gasteiger partial charge >= 0.3 is 0 Å². The van der Waals surface area contributed by atoms with E-state index in [9.17, 15) is 4.39 Å². The summed E-state index contributed by atoms with van der Waals surface area (Å²) in [5, 5.41) is 7.83. The van der Waals surface area contributed by atoms with E-state index in [2.05, 4.69) is 20.3 Å². The van der Waals surface area contributed by atoms with E-state index in [0.29, 0.717) is 0 Å². The molecule has 0 aliphatic heterocycles. The van der Waals surface area contributed by atoms with Gasteiger partial charge < -0.3 is 10.2 Å². The van der Waals surface area contributed by atoms with Crippen LogP contribution >= 0.6 is 0 Å². The summed E-state index contributed by atoms with van der Waals surface area (Å²) in [7, 11) is 4.07. The summed E-state index contributed by atoms with van der Waals surface area (Å²) in [5.41, 5.74) is 3.47. The Balaban J connectivity index is 1.99. The highest BCUT2D eigenvalue weighted by atomic mass is 19.1. The van der Waals surface area contributed by atoms with Crippen molar-refractivity contribution in [1.82, 2.24) is 19.5 Å². The van der Waals surface area contributed by atoms with Crippen LogP contribution in [-0.2, 0) is 0 Å². The first-order valence-electron chi connectivity index (χ1n) is 7.54. The summed E-state index contributed by atoms with van der Waals surface area (Å²) in [5.74, 6) is 0.656. The van der Waals surface area contributed by atoms with Crippen molar-refractivity contribution in [2.75, 3.05) is 32.5 Å². The first kappa shape index (κ1) is 15.4. The van der Waals surface area contributed by atoms with Gasteiger partial charge in [-0.25, -0.2) is 9.37 Å². The molecule has 6 heteroatoms. The van der Waals surface area contributed by atoms with Gasteiger partial charge in [-0.05, 0) is 38.7 Å². The Hall–Kier alpha value is -2.47. The van der Waals surface area contributed by atoms with E-state index in [0.717, 1.165) is 41.4 Å². The van der Waals surface area contributed by atoms with Crippen molar-refractivity contribution < 1.29 is 4.39 Å². The van der Waals surface area contributed by atoms with Crippen LogP contribution in [0.4, 0.5) is 10.2 Å². The molecule has 3 rings (SSSR count). The molecular weight excluding hydrogens is 293 g/mol. The SMILES string of the molecule is Cc1cc(NCCN(C)C)n2ncc(-c3ccc(F)cc3)c2n1. The fourth-order valence-corrected chi connectivity index (χ4v) is 2.45. The van der Waals surface area contributed by atoms with E-state index in [1.807, 2.05) is 27.1 Å². The minimum Gasteiger partial charge on any atom is -0.369 e. The van der Waals surface area contributed by atoms with E-state index >= 15 is 0 Å². The van der Waals surface area contributed by atoms with Gasteiger partial charge in [0.05, 0.1) is 6.20 Å². The zero-order chi connectivity index (χ0) is 16.4. The number of aromatic nitrogens is 3. The van der Waals surface area contributed by atoms with E-state index in [1.165, 1.54) is 12.1 Å². The smallest absolute Gasteiger partial charge is 0.165 e. The predicted octanol–water partition coefficient (Wildman–Crippen LogP) is 2.82. The maximum absolute atomic E-state index is 13.1. The highest BCUT2D eigenvalue weighted by molar-refractivity contribution is 5.78. The molecule has 0 saturated carbocycles. The lowest BCUT2D eigenvalue weighted by molar-refractivity contribution is 0.425. The molecule has 0 aliphatic rings. The van der Waals surface area contributed by atoms with Crippen LogP contribution in [0.25, 0.3) is 16.8 Å². The number of halogens is 1. The third-order valence-corrected chi connectivity index (χ3v) is 3.62. The first-order chi connectivity index (χ1) is 11.0. The monoisotopic (exact) mass is 313 g/mol. The van der Waals surface area contributed by atoms with Crippen LogP contribution in [-0.4, -0.2) is 46.7 Å². The summed E-state index contributed by atoms with van der Waals surface area (Å²) < 4.78 is 14.9. The lowest BCUT2D eigenvalue weighted by Crippen LogP contribution is -2.21. The fourth-order valence-electron chi connectivity index (χ4n) is 2.45. The second kappa shape index (κ2) is 6.34. The Bertz CT molecular complexity index is 808. The average Bonchev–Trinajstić information content (AvgIpc) is 2.91. The number of aryl methyl sites for hydroxylation is 1. The number of hydrogen-bond donors (Lipinski definition) is 1. The predicted molar refractivity (Wildman–Crippen MR) is 90.2 cm³/mol. The normalized spacial score (nSPS) is 11.3. The van der Waals surface area contributed by atoms with Gasteiger partial charge in [0.25, 0.3) is 0 Å².